The highest BCUT2D eigenvalue weighted by molar-refractivity contribution is 6.10. The van der Waals surface area contributed by atoms with Gasteiger partial charge in [0.05, 0.1) is 0 Å². The summed E-state index contributed by atoms with van der Waals surface area (Å²) in [5, 5.41) is 1.18. The Kier molecular flexibility index (Phi) is 6.94. The summed E-state index contributed by atoms with van der Waals surface area (Å²) in [6.07, 6.45) is 1.76. The van der Waals surface area contributed by atoms with Gasteiger partial charge in [-0.3, -0.25) is 9.59 Å². The van der Waals surface area contributed by atoms with Crippen LogP contribution in [-0.4, -0.2) is 29.7 Å². The van der Waals surface area contributed by atoms with Crippen LogP contribution in [0.25, 0.3) is 0 Å². The Morgan fingerprint density at radius 2 is 1.69 bits per heavy atom. The number of nitrogens with one attached hydrogen (secondary N) is 1. The number of hydrazine groups is 1. The molecule has 0 bridgehead atoms. The van der Waals surface area contributed by atoms with E-state index in [-0.39, 0.29) is 24.2 Å². The molecule has 2 aromatic carbocycles. The van der Waals surface area contributed by atoms with Crippen molar-refractivity contribution in [3.05, 3.63) is 58.1 Å². The average Bonchev–Trinajstić information content (AvgIpc) is 3.18. The van der Waals surface area contributed by atoms with E-state index < -0.39 is 5.91 Å². The number of amides is 2. The number of rotatable bonds is 6. The Hall–Kier alpha value is -2.86. The van der Waals surface area contributed by atoms with E-state index in [1.807, 2.05) is 39.0 Å². The molecule has 1 aliphatic heterocycles. The van der Waals surface area contributed by atoms with E-state index >= 15 is 0 Å². The molecule has 172 valence electrons. The SMILES string of the molecule is CCC[C@@H](NN(C(=O)c1cc(C)cc(C)c1)C(=O)c1ccc2c(c1C)OCO2)C(C)(C)C. The molecular formula is C26H34N2O4. The lowest BCUT2D eigenvalue weighted by molar-refractivity contribution is 0.0424. The maximum atomic E-state index is 13.8. The normalized spacial score (nSPS) is 13.7. The number of hydrogen-bond acceptors (Lipinski definition) is 5. The second kappa shape index (κ2) is 9.33. The predicted octanol–water partition coefficient (Wildman–Crippen LogP) is 5.34. The Morgan fingerprint density at radius 3 is 2.28 bits per heavy atom. The molecule has 0 fully saturated rings. The monoisotopic (exact) mass is 438 g/mol. The van der Waals surface area contributed by atoms with Crippen LogP contribution >= 0.6 is 0 Å². The molecule has 0 aliphatic carbocycles. The van der Waals surface area contributed by atoms with Crippen LogP contribution in [0.15, 0.2) is 30.3 Å². The third-order valence-corrected chi connectivity index (χ3v) is 5.80. The van der Waals surface area contributed by atoms with Crippen LogP contribution in [0.2, 0.25) is 0 Å². The van der Waals surface area contributed by atoms with Crippen LogP contribution in [0.1, 0.15) is 77.9 Å². The highest BCUT2D eigenvalue weighted by Gasteiger charge is 2.33. The van der Waals surface area contributed by atoms with E-state index in [0.717, 1.165) is 24.0 Å². The van der Waals surface area contributed by atoms with Gasteiger partial charge in [0, 0.05) is 22.7 Å². The van der Waals surface area contributed by atoms with Gasteiger partial charge in [-0.2, -0.15) is 0 Å². The first-order chi connectivity index (χ1) is 15.0. The van der Waals surface area contributed by atoms with E-state index in [4.69, 9.17) is 9.47 Å². The van der Waals surface area contributed by atoms with Crippen LogP contribution in [0.5, 0.6) is 11.5 Å². The second-order valence-electron chi connectivity index (χ2n) is 9.63. The molecule has 1 atom stereocenters. The summed E-state index contributed by atoms with van der Waals surface area (Å²) in [5.74, 6) is 0.382. The van der Waals surface area contributed by atoms with Crippen LogP contribution in [0.4, 0.5) is 0 Å². The molecule has 6 heteroatoms. The van der Waals surface area contributed by atoms with Crippen molar-refractivity contribution in [1.29, 1.82) is 0 Å². The summed E-state index contributed by atoms with van der Waals surface area (Å²) >= 11 is 0. The minimum absolute atomic E-state index is 0.0689. The van der Waals surface area contributed by atoms with E-state index in [1.54, 1.807) is 12.1 Å². The number of nitrogens with zero attached hydrogens (tertiary/aromatic N) is 1. The molecule has 1 N–H and O–H groups in total. The molecule has 6 nitrogen and oxygen atoms in total. The maximum absolute atomic E-state index is 13.8. The zero-order valence-corrected chi connectivity index (χ0v) is 20.2. The molecule has 32 heavy (non-hydrogen) atoms. The molecular weight excluding hydrogens is 404 g/mol. The molecule has 0 spiro atoms. The average molecular weight is 439 g/mol. The number of fused-ring (bicyclic) bond motifs is 1. The lowest BCUT2D eigenvalue weighted by Gasteiger charge is -2.36. The highest BCUT2D eigenvalue weighted by Crippen LogP contribution is 2.37. The largest absolute Gasteiger partial charge is 0.454 e. The number of benzene rings is 2. The summed E-state index contributed by atoms with van der Waals surface area (Å²) in [7, 11) is 0. The molecule has 2 amide bonds. The van der Waals surface area contributed by atoms with Gasteiger partial charge >= 0.3 is 0 Å². The third kappa shape index (κ3) is 4.96. The Labute approximate surface area is 190 Å². The standard InChI is InChI=1S/C26H34N2O4/c1-8-9-22(26(5,6)7)27-28(24(29)19-13-16(2)12-17(3)14-19)25(30)20-10-11-21-23(18(20)4)32-15-31-21/h10-14,22,27H,8-9,15H2,1-7H3/t22-/m1/s1. The summed E-state index contributed by atoms with van der Waals surface area (Å²) < 4.78 is 11.0. The van der Waals surface area contributed by atoms with Crippen LogP contribution in [-0.2, 0) is 0 Å². The number of ether oxygens (including phenoxy) is 2. The van der Waals surface area contributed by atoms with Crippen LogP contribution in [0, 0.1) is 26.2 Å². The number of hydrogen-bond donors (Lipinski definition) is 1. The van der Waals surface area contributed by atoms with Crippen LogP contribution in [0.3, 0.4) is 0 Å². The maximum Gasteiger partial charge on any atom is 0.275 e. The Bertz CT molecular complexity index is 1000. The molecule has 3 rings (SSSR count). The first kappa shape index (κ1) is 23.8. The van der Waals surface area contributed by atoms with E-state index in [2.05, 4.69) is 33.1 Å². The van der Waals surface area contributed by atoms with Gasteiger partial charge in [-0.15, -0.1) is 0 Å². The van der Waals surface area contributed by atoms with E-state index in [1.165, 1.54) is 5.01 Å². The number of carbonyl (C=O) groups excluding carboxylic acids is 2. The van der Waals surface area contributed by atoms with Crippen molar-refractivity contribution in [3.63, 3.8) is 0 Å². The van der Waals surface area contributed by atoms with Crippen molar-refractivity contribution in [2.45, 2.75) is 67.3 Å². The third-order valence-electron chi connectivity index (χ3n) is 5.80. The Balaban J connectivity index is 2.05. The highest BCUT2D eigenvalue weighted by atomic mass is 16.7. The van der Waals surface area contributed by atoms with Crippen molar-refractivity contribution in [3.8, 4) is 11.5 Å². The first-order valence-electron chi connectivity index (χ1n) is 11.2. The van der Waals surface area contributed by atoms with Gasteiger partial charge in [0.1, 0.15) is 0 Å². The van der Waals surface area contributed by atoms with Crippen molar-refractivity contribution in [2.24, 2.45) is 5.41 Å². The summed E-state index contributed by atoms with van der Waals surface area (Å²) in [5.41, 5.74) is 6.63. The number of imide groups is 1. The molecule has 0 radical (unpaired) electrons. The summed E-state index contributed by atoms with van der Waals surface area (Å²) in [4.78, 5) is 27.4. The smallest absolute Gasteiger partial charge is 0.275 e. The fourth-order valence-corrected chi connectivity index (χ4v) is 4.04. The molecule has 2 aromatic rings. The minimum atomic E-state index is -0.407. The van der Waals surface area contributed by atoms with E-state index in [9.17, 15) is 9.59 Å². The molecule has 0 unspecified atom stereocenters. The van der Waals surface area contributed by atoms with Crippen molar-refractivity contribution in [1.82, 2.24) is 10.4 Å². The fourth-order valence-electron chi connectivity index (χ4n) is 4.04. The topological polar surface area (TPSA) is 67.9 Å². The van der Waals surface area contributed by atoms with Gasteiger partial charge in [-0.25, -0.2) is 10.4 Å². The van der Waals surface area contributed by atoms with Crippen LogP contribution < -0.4 is 14.9 Å². The zero-order chi connectivity index (χ0) is 23.6. The quantitative estimate of drug-likeness (QED) is 0.487. The molecule has 1 heterocycles. The number of aryl methyl sites for hydroxylation is 2. The number of carbonyl (C=O) groups is 2. The molecule has 0 aromatic heterocycles. The van der Waals surface area contributed by atoms with Gasteiger partial charge in [0.2, 0.25) is 6.79 Å². The zero-order valence-electron chi connectivity index (χ0n) is 20.2. The Morgan fingerprint density at radius 1 is 1.03 bits per heavy atom. The lowest BCUT2D eigenvalue weighted by Crippen LogP contribution is -2.55. The minimum Gasteiger partial charge on any atom is -0.454 e. The van der Waals surface area contributed by atoms with Crippen molar-refractivity contribution >= 4 is 11.8 Å². The van der Waals surface area contributed by atoms with E-state index in [0.29, 0.717) is 28.2 Å². The lowest BCUT2D eigenvalue weighted by atomic mass is 9.84. The van der Waals surface area contributed by atoms with Gasteiger partial charge in [0.25, 0.3) is 11.8 Å². The predicted molar refractivity (Wildman–Crippen MR) is 125 cm³/mol. The van der Waals surface area contributed by atoms with Crippen molar-refractivity contribution in [2.75, 3.05) is 6.79 Å². The van der Waals surface area contributed by atoms with Gasteiger partial charge in [-0.1, -0.05) is 51.3 Å². The second-order valence-corrected chi connectivity index (χ2v) is 9.63. The molecule has 0 saturated carbocycles. The fraction of sp³-hybridized carbons (Fsp3) is 0.462. The molecule has 1 aliphatic rings. The van der Waals surface area contributed by atoms with Gasteiger partial charge < -0.3 is 9.47 Å². The summed E-state index contributed by atoms with van der Waals surface area (Å²) in [6.45, 7) is 14.2. The van der Waals surface area contributed by atoms with Gasteiger partial charge in [-0.05, 0) is 56.9 Å². The molecule has 0 saturated heterocycles. The summed E-state index contributed by atoms with van der Waals surface area (Å²) in [6, 6.07) is 8.98. The first-order valence-corrected chi connectivity index (χ1v) is 11.2. The van der Waals surface area contributed by atoms with Crippen molar-refractivity contribution < 1.29 is 19.1 Å². The van der Waals surface area contributed by atoms with Gasteiger partial charge in [0.15, 0.2) is 11.5 Å².